The molecular formula is C5H5NOPd. The number of nitroso groups, excluding NO2 is 1. The summed E-state index contributed by atoms with van der Waals surface area (Å²) in [5.74, 6) is 0. The largest absolute Gasteiger partial charge is 2.00 e. The van der Waals surface area contributed by atoms with E-state index in [2.05, 4.69) is 0 Å². The van der Waals surface area contributed by atoms with Crippen molar-refractivity contribution in [2.45, 2.75) is 0 Å². The molecule has 1 rings (SSSR count). The van der Waals surface area contributed by atoms with Gasteiger partial charge in [0.05, 0.1) is 0 Å². The Labute approximate surface area is 61.7 Å². The molecule has 0 saturated heterocycles. The van der Waals surface area contributed by atoms with Gasteiger partial charge in [0.2, 0.25) is 0 Å². The van der Waals surface area contributed by atoms with Crippen LogP contribution < -0.4 is 0 Å². The maximum absolute atomic E-state index is 7.25. The summed E-state index contributed by atoms with van der Waals surface area (Å²) in [5, 5.41) is 0. The molecule has 46 valence electrons. The molecule has 0 saturated carbocycles. The van der Waals surface area contributed by atoms with Crippen molar-refractivity contribution in [3.05, 3.63) is 40.8 Å². The van der Waals surface area contributed by atoms with Crippen molar-refractivity contribution < 1.29 is 20.4 Å². The van der Waals surface area contributed by atoms with Gasteiger partial charge >= 0.3 is 20.4 Å². The summed E-state index contributed by atoms with van der Waals surface area (Å²) in [4.78, 5) is 7.25. The fourth-order valence-corrected chi connectivity index (χ4v) is 0.321. The molecule has 0 atom stereocenters. The van der Waals surface area contributed by atoms with Crippen LogP contribution in [0.1, 0.15) is 0 Å². The van der Waals surface area contributed by atoms with Crippen LogP contribution in [0.25, 0.3) is 5.59 Å². The van der Waals surface area contributed by atoms with Crippen LogP contribution in [0.4, 0.5) is 0 Å². The zero-order chi connectivity index (χ0) is 5.54. The average molecular weight is 202 g/mol. The Morgan fingerprint density at radius 3 is 1.62 bits per heavy atom. The Hall–Kier alpha value is -0.388. The quantitative estimate of drug-likeness (QED) is 0.465. The van der Waals surface area contributed by atoms with E-state index in [9.17, 15) is 0 Å². The first kappa shape index (κ1) is 10.6. The topological polar surface area (TPSA) is 39.4 Å². The van der Waals surface area contributed by atoms with Crippen LogP contribution in [-0.2, 0) is 20.4 Å². The Kier molecular flexibility index (Phi) is 12.9. The average Bonchev–Trinajstić information content (AvgIpc) is 2.23. The van der Waals surface area contributed by atoms with E-state index in [0.29, 0.717) is 0 Å². The maximum Gasteiger partial charge on any atom is 2.00 e. The minimum atomic E-state index is 0. The van der Waals surface area contributed by atoms with E-state index in [1.54, 1.807) is 0 Å². The Bertz CT molecular complexity index is 79.3. The SMILES string of the molecule is [N-]=O.[Pd+2].c1cc[cH-]c1. The van der Waals surface area contributed by atoms with E-state index >= 15 is 0 Å². The van der Waals surface area contributed by atoms with Crippen molar-refractivity contribution in [2.75, 3.05) is 0 Å². The van der Waals surface area contributed by atoms with Gasteiger partial charge in [-0.2, -0.15) is 18.2 Å². The fourth-order valence-electron chi connectivity index (χ4n) is 0.321. The first-order chi connectivity index (χ1) is 3.50. The Morgan fingerprint density at radius 1 is 1.12 bits per heavy atom. The molecule has 3 heteroatoms. The molecule has 0 radical (unpaired) electrons. The molecule has 0 fully saturated rings. The number of hydrogen-bond donors (Lipinski definition) is 0. The first-order valence-electron chi connectivity index (χ1n) is 1.85. The van der Waals surface area contributed by atoms with Crippen molar-refractivity contribution in [2.24, 2.45) is 0 Å². The standard InChI is InChI=1S/C5H5.NO.Pd/c1-2-4-5-3-1;1-2;/h1-5H;;/q2*-1;+2. The summed E-state index contributed by atoms with van der Waals surface area (Å²) in [5.41, 5.74) is 5.75. The van der Waals surface area contributed by atoms with Crippen LogP contribution in [-0.4, -0.2) is 0 Å². The Morgan fingerprint density at radius 2 is 1.50 bits per heavy atom. The first-order valence-corrected chi connectivity index (χ1v) is 1.85. The molecule has 0 aliphatic heterocycles. The van der Waals surface area contributed by atoms with Gasteiger partial charge in [0.15, 0.2) is 0 Å². The van der Waals surface area contributed by atoms with Crippen molar-refractivity contribution in [1.29, 1.82) is 0 Å². The van der Waals surface area contributed by atoms with E-state index < -0.39 is 0 Å². The van der Waals surface area contributed by atoms with Gasteiger partial charge in [-0.3, -0.25) is 0 Å². The van der Waals surface area contributed by atoms with Gasteiger partial charge in [-0.05, 0) is 0 Å². The van der Waals surface area contributed by atoms with Crippen LogP contribution in [0, 0.1) is 4.91 Å². The van der Waals surface area contributed by atoms with Gasteiger partial charge in [-0.15, -0.1) is 0 Å². The van der Waals surface area contributed by atoms with Crippen LogP contribution in [0.15, 0.2) is 30.3 Å². The molecule has 0 aliphatic rings. The van der Waals surface area contributed by atoms with Crippen molar-refractivity contribution in [1.82, 2.24) is 0 Å². The minimum absolute atomic E-state index is 0. The molecule has 0 N–H and O–H groups in total. The smallest absolute Gasteiger partial charge is 0.577 e. The van der Waals surface area contributed by atoms with Crippen molar-refractivity contribution in [3.63, 3.8) is 0 Å². The molecule has 0 unspecified atom stereocenters. The van der Waals surface area contributed by atoms with Crippen LogP contribution in [0.3, 0.4) is 0 Å². The summed E-state index contributed by atoms with van der Waals surface area (Å²) < 4.78 is 0. The predicted molar refractivity (Wildman–Crippen MR) is 28.8 cm³/mol. The zero-order valence-electron chi connectivity index (χ0n) is 4.06. The molecule has 8 heavy (non-hydrogen) atoms. The zero-order valence-corrected chi connectivity index (χ0v) is 5.61. The molecule has 0 bridgehead atoms. The van der Waals surface area contributed by atoms with Gasteiger partial charge in [-0.1, -0.05) is 0 Å². The number of hydrogen-bond acceptors (Lipinski definition) is 1. The molecule has 1 aromatic carbocycles. The maximum atomic E-state index is 7.25. The van der Waals surface area contributed by atoms with Gasteiger partial charge in [0, 0.05) is 0 Å². The second kappa shape index (κ2) is 9.79. The van der Waals surface area contributed by atoms with Crippen LogP contribution >= 0.6 is 0 Å². The van der Waals surface area contributed by atoms with E-state index in [-0.39, 0.29) is 20.4 Å². The molecule has 0 amide bonds. The summed E-state index contributed by atoms with van der Waals surface area (Å²) in [6, 6.07) is 10.0. The monoisotopic (exact) mass is 201 g/mol. The normalized spacial score (nSPS) is 5.50. The Balaban J connectivity index is 0. The molecule has 0 heterocycles. The van der Waals surface area contributed by atoms with Gasteiger partial charge in [0.1, 0.15) is 0 Å². The van der Waals surface area contributed by atoms with E-state index in [0.717, 1.165) is 0 Å². The summed E-state index contributed by atoms with van der Waals surface area (Å²) in [6.07, 6.45) is 0. The molecule has 0 aliphatic carbocycles. The molecule has 0 spiro atoms. The van der Waals surface area contributed by atoms with Crippen molar-refractivity contribution >= 4 is 0 Å². The second-order valence-electron chi connectivity index (χ2n) is 0.962. The third-order valence-electron chi connectivity index (χ3n) is 0.556. The molecular weight excluding hydrogens is 196 g/mol. The fraction of sp³-hybridized carbons (Fsp3) is 0. The number of rotatable bonds is 0. The molecule has 1 aromatic rings. The van der Waals surface area contributed by atoms with E-state index in [1.165, 1.54) is 0 Å². The third kappa shape index (κ3) is 5.61. The number of nitrogens with zero attached hydrogens (tertiary/aromatic N) is 1. The van der Waals surface area contributed by atoms with Crippen molar-refractivity contribution in [3.8, 4) is 0 Å². The summed E-state index contributed by atoms with van der Waals surface area (Å²) >= 11 is 0. The minimum Gasteiger partial charge on any atom is -0.577 e. The third-order valence-corrected chi connectivity index (χ3v) is 0.556. The van der Waals surface area contributed by atoms with Crippen LogP contribution in [0.5, 0.6) is 0 Å². The summed E-state index contributed by atoms with van der Waals surface area (Å²) in [6.45, 7) is 0. The second-order valence-corrected chi connectivity index (χ2v) is 0.962. The van der Waals surface area contributed by atoms with Gasteiger partial charge in [0.25, 0.3) is 0 Å². The predicted octanol–water partition coefficient (Wildman–Crippen LogP) is 1.73. The molecule has 0 aromatic heterocycles. The molecule has 2 nitrogen and oxygen atoms in total. The van der Waals surface area contributed by atoms with E-state index in [1.807, 2.05) is 30.3 Å². The summed E-state index contributed by atoms with van der Waals surface area (Å²) in [7, 11) is 0. The van der Waals surface area contributed by atoms with Gasteiger partial charge < -0.3 is 10.5 Å². The van der Waals surface area contributed by atoms with Gasteiger partial charge in [-0.25, -0.2) is 12.1 Å². The van der Waals surface area contributed by atoms with Crippen LogP contribution in [0.2, 0.25) is 0 Å². The van der Waals surface area contributed by atoms with E-state index in [4.69, 9.17) is 10.5 Å².